The van der Waals surface area contributed by atoms with Crippen LogP contribution in [0.25, 0.3) is 0 Å². The summed E-state index contributed by atoms with van der Waals surface area (Å²) in [4.78, 5) is 19.1. The maximum atomic E-state index is 12.0. The van der Waals surface area contributed by atoms with E-state index in [0.717, 1.165) is 35.9 Å². The standard InChI is InChI=1S/C15H22N2O2S2/c1-15(2,3)19-14(18)17-8-6-11(9-17)21-10-12-13(20)5-4-7-16-12/h4-5,7,11,20H,6,8-10H2,1-3H3. The second kappa shape index (κ2) is 6.92. The zero-order chi connectivity index (χ0) is 15.5. The molecule has 1 aromatic rings. The van der Waals surface area contributed by atoms with Crippen LogP contribution in [0.5, 0.6) is 0 Å². The maximum absolute atomic E-state index is 12.0. The van der Waals surface area contributed by atoms with Crippen molar-refractivity contribution in [1.29, 1.82) is 0 Å². The van der Waals surface area contributed by atoms with Gasteiger partial charge in [0.1, 0.15) is 5.60 Å². The molecule has 0 aromatic carbocycles. The van der Waals surface area contributed by atoms with Gasteiger partial charge in [0, 0.05) is 35.2 Å². The van der Waals surface area contributed by atoms with Crippen LogP contribution < -0.4 is 0 Å². The monoisotopic (exact) mass is 326 g/mol. The molecule has 21 heavy (non-hydrogen) atoms. The van der Waals surface area contributed by atoms with Gasteiger partial charge in [0.2, 0.25) is 0 Å². The number of thioether (sulfide) groups is 1. The molecule has 1 saturated heterocycles. The van der Waals surface area contributed by atoms with Crippen LogP contribution in [-0.4, -0.2) is 39.9 Å². The Hall–Kier alpha value is -0.880. The lowest BCUT2D eigenvalue weighted by atomic mass is 10.2. The molecule has 116 valence electrons. The summed E-state index contributed by atoms with van der Waals surface area (Å²) in [5.74, 6) is 0.826. The van der Waals surface area contributed by atoms with Crippen LogP contribution in [-0.2, 0) is 10.5 Å². The Labute approximate surface area is 136 Å². The van der Waals surface area contributed by atoms with Crippen molar-refractivity contribution in [3.8, 4) is 0 Å². The lowest BCUT2D eigenvalue weighted by molar-refractivity contribution is 0.0295. The van der Waals surface area contributed by atoms with Crippen molar-refractivity contribution in [1.82, 2.24) is 9.88 Å². The molecule has 2 rings (SSSR count). The first kappa shape index (κ1) is 16.5. The minimum Gasteiger partial charge on any atom is -0.444 e. The lowest BCUT2D eigenvalue weighted by Crippen LogP contribution is -2.35. The van der Waals surface area contributed by atoms with E-state index in [-0.39, 0.29) is 6.09 Å². The number of carbonyl (C=O) groups is 1. The number of thiol groups is 1. The summed E-state index contributed by atoms with van der Waals surface area (Å²) < 4.78 is 5.41. The van der Waals surface area contributed by atoms with Crippen LogP contribution in [0, 0.1) is 0 Å². The molecule has 2 heterocycles. The molecule has 0 saturated carbocycles. The van der Waals surface area contributed by atoms with Gasteiger partial charge in [0.25, 0.3) is 0 Å². The Morgan fingerprint density at radius 1 is 1.57 bits per heavy atom. The predicted molar refractivity (Wildman–Crippen MR) is 89.0 cm³/mol. The van der Waals surface area contributed by atoms with Crippen molar-refractivity contribution in [2.75, 3.05) is 13.1 Å². The topological polar surface area (TPSA) is 42.4 Å². The molecule has 1 unspecified atom stereocenters. The number of amides is 1. The van der Waals surface area contributed by atoms with Crippen LogP contribution in [0.2, 0.25) is 0 Å². The summed E-state index contributed by atoms with van der Waals surface area (Å²) in [6.45, 7) is 7.18. The summed E-state index contributed by atoms with van der Waals surface area (Å²) in [5, 5.41) is 0.437. The zero-order valence-electron chi connectivity index (χ0n) is 12.7. The van der Waals surface area contributed by atoms with E-state index >= 15 is 0 Å². The van der Waals surface area contributed by atoms with Crippen LogP contribution in [0.15, 0.2) is 23.2 Å². The Kier molecular flexibility index (Phi) is 5.43. The number of ether oxygens (including phenoxy) is 1. The summed E-state index contributed by atoms with van der Waals surface area (Å²) in [6.07, 6.45) is 2.58. The molecule has 0 N–H and O–H groups in total. The highest BCUT2D eigenvalue weighted by atomic mass is 32.2. The fourth-order valence-electron chi connectivity index (χ4n) is 2.09. The highest BCUT2D eigenvalue weighted by molar-refractivity contribution is 7.99. The molecule has 1 aliphatic heterocycles. The minimum absolute atomic E-state index is 0.210. The molecular weight excluding hydrogens is 304 g/mol. The highest BCUT2D eigenvalue weighted by Crippen LogP contribution is 2.28. The van der Waals surface area contributed by atoms with E-state index in [9.17, 15) is 4.79 Å². The second-order valence-corrected chi connectivity index (χ2v) is 7.89. The molecule has 4 nitrogen and oxygen atoms in total. The first-order chi connectivity index (χ1) is 9.85. The van der Waals surface area contributed by atoms with E-state index in [1.807, 2.05) is 44.7 Å². The number of hydrogen-bond acceptors (Lipinski definition) is 5. The van der Waals surface area contributed by atoms with E-state index in [0.29, 0.717) is 5.25 Å². The Bertz CT molecular complexity index is 503. The van der Waals surface area contributed by atoms with Crippen molar-refractivity contribution in [3.05, 3.63) is 24.0 Å². The van der Waals surface area contributed by atoms with Crippen molar-refractivity contribution in [2.45, 2.75) is 48.7 Å². The smallest absolute Gasteiger partial charge is 0.410 e. The number of likely N-dealkylation sites (tertiary alicyclic amines) is 1. The Balaban J connectivity index is 1.80. The van der Waals surface area contributed by atoms with E-state index < -0.39 is 5.60 Å². The largest absolute Gasteiger partial charge is 0.444 e. The van der Waals surface area contributed by atoms with Crippen LogP contribution in [0.3, 0.4) is 0 Å². The normalized spacial score (nSPS) is 18.9. The third-order valence-electron chi connectivity index (χ3n) is 3.12. The fourth-order valence-corrected chi connectivity index (χ4v) is 3.60. The number of aromatic nitrogens is 1. The summed E-state index contributed by atoms with van der Waals surface area (Å²) >= 11 is 6.24. The van der Waals surface area contributed by atoms with Gasteiger partial charge in [-0.1, -0.05) is 0 Å². The van der Waals surface area contributed by atoms with Gasteiger partial charge in [-0.2, -0.15) is 11.8 Å². The Morgan fingerprint density at radius 2 is 2.33 bits per heavy atom. The molecule has 1 fully saturated rings. The molecule has 0 bridgehead atoms. The second-order valence-electron chi connectivity index (χ2n) is 6.12. The molecule has 6 heteroatoms. The van der Waals surface area contributed by atoms with Gasteiger partial charge in [0.15, 0.2) is 0 Å². The highest BCUT2D eigenvalue weighted by Gasteiger charge is 2.29. The summed E-state index contributed by atoms with van der Waals surface area (Å²) in [7, 11) is 0. The van der Waals surface area contributed by atoms with Crippen molar-refractivity contribution in [3.63, 3.8) is 0 Å². The molecule has 1 aliphatic rings. The molecule has 1 amide bonds. The SMILES string of the molecule is CC(C)(C)OC(=O)N1CCC(SCc2ncccc2S)C1. The first-order valence-corrected chi connectivity index (χ1v) is 8.57. The van der Waals surface area contributed by atoms with Gasteiger partial charge < -0.3 is 9.64 Å². The number of hydrogen-bond donors (Lipinski definition) is 1. The minimum atomic E-state index is -0.433. The third-order valence-corrected chi connectivity index (χ3v) is 4.82. The molecule has 1 aromatic heterocycles. The molecule has 0 radical (unpaired) electrons. The van der Waals surface area contributed by atoms with Crippen LogP contribution in [0.4, 0.5) is 4.79 Å². The van der Waals surface area contributed by atoms with Crippen LogP contribution >= 0.6 is 24.4 Å². The quantitative estimate of drug-likeness (QED) is 0.862. The van der Waals surface area contributed by atoms with Gasteiger partial charge >= 0.3 is 6.09 Å². The molecule has 0 aliphatic carbocycles. The van der Waals surface area contributed by atoms with E-state index in [1.165, 1.54) is 0 Å². The predicted octanol–water partition coefficient (Wildman–Crippen LogP) is 3.61. The van der Waals surface area contributed by atoms with Gasteiger partial charge in [-0.05, 0) is 39.3 Å². The molecular formula is C15H22N2O2S2. The van der Waals surface area contributed by atoms with Crippen molar-refractivity contribution >= 4 is 30.5 Å². The summed E-state index contributed by atoms with van der Waals surface area (Å²) in [6, 6.07) is 3.84. The number of carbonyl (C=O) groups excluding carboxylic acids is 1. The maximum Gasteiger partial charge on any atom is 0.410 e. The number of pyridine rings is 1. The number of nitrogens with zero attached hydrogens (tertiary/aromatic N) is 2. The summed E-state index contributed by atoms with van der Waals surface area (Å²) in [5.41, 5.74) is 0.568. The van der Waals surface area contributed by atoms with Gasteiger partial charge in [0.05, 0.1) is 5.69 Å². The first-order valence-electron chi connectivity index (χ1n) is 7.07. The van der Waals surface area contributed by atoms with Crippen molar-refractivity contribution < 1.29 is 9.53 Å². The van der Waals surface area contributed by atoms with E-state index in [4.69, 9.17) is 4.74 Å². The lowest BCUT2D eigenvalue weighted by Gasteiger charge is -2.24. The zero-order valence-corrected chi connectivity index (χ0v) is 14.4. The van der Waals surface area contributed by atoms with E-state index in [1.54, 1.807) is 11.1 Å². The molecule has 0 spiro atoms. The number of rotatable bonds is 3. The Morgan fingerprint density at radius 3 is 3.00 bits per heavy atom. The average molecular weight is 326 g/mol. The fraction of sp³-hybridized carbons (Fsp3) is 0.600. The van der Waals surface area contributed by atoms with Gasteiger partial charge in [-0.15, -0.1) is 12.6 Å². The van der Waals surface area contributed by atoms with Gasteiger partial charge in [-0.25, -0.2) is 4.79 Å². The van der Waals surface area contributed by atoms with Gasteiger partial charge in [-0.3, -0.25) is 4.98 Å². The molecule has 1 atom stereocenters. The average Bonchev–Trinajstić information content (AvgIpc) is 2.85. The van der Waals surface area contributed by atoms with E-state index in [2.05, 4.69) is 17.6 Å². The van der Waals surface area contributed by atoms with Crippen LogP contribution in [0.1, 0.15) is 32.9 Å². The van der Waals surface area contributed by atoms with Crippen molar-refractivity contribution in [2.24, 2.45) is 0 Å². The third kappa shape index (κ3) is 5.11.